The second-order valence-corrected chi connectivity index (χ2v) is 8.15. The van der Waals surface area contributed by atoms with Crippen molar-refractivity contribution < 1.29 is 0 Å². The molecule has 0 fully saturated rings. The molecule has 138 valence electrons. The first-order valence-electron chi connectivity index (χ1n) is 9.14. The van der Waals surface area contributed by atoms with Gasteiger partial charge in [-0.25, -0.2) is 4.98 Å². The number of rotatable bonds is 6. The Morgan fingerprint density at radius 2 is 2.15 bits per heavy atom. The molecule has 3 aromatic rings. The SMILES string of the molecule is CCCn1c(NCCn2cc(Cl)cn2)nc2sc3c(c2c1=O)CCCC3. The Hall–Kier alpha value is -1.86. The fraction of sp³-hybridized carbons (Fsp3) is 0.500. The molecule has 3 heterocycles. The summed E-state index contributed by atoms with van der Waals surface area (Å²) in [5, 5.41) is 8.97. The molecule has 4 rings (SSSR count). The number of halogens is 1. The third-order valence-corrected chi connectivity index (χ3v) is 6.13. The lowest BCUT2D eigenvalue weighted by atomic mass is 9.97. The number of fused-ring (bicyclic) bond motifs is 3. The van der Waals surface area contributed by atoms with Crippen LogP contribution in [0.5, 0.6) is 0 Å². The molecule has 0 aliphatic heterocycles. The maximum atomic E-state index is 13.2. The Morgan fingerprint density at radius 1 is 1.31 bits per heavy atom. The summed E-state index contributed by atoms with van der Waals surface area (Å²) in [5.74, 6) is 0.654. The van der Waals surface area contributed by atoms with Crippen molar-refractivity contribution in [3.8, 4) is 0 Å². The Bertz CT molecular complexity index is 990. The summed E-state index contributed by atoms with van der Waals surface area (Å²) >= 11 is 7.59. The van der Waals surface area contributed by atoms with E-state index in [4.69, 9.17) is 16.6 Å². The minimum absolute atomic E-state index is 0.0980. The lowest BCUT2D eigenvalue weighted by Gasteiger charge is -2.14. The molecule has 0 saturated carbocycles. The van der Waals surface area contributed by atoms with Crippen molar-refractivity contribution >= 4 is 39.1 Å². The number of anilines is 1. The number of hydrogen-bond donors (Lipinski definition) is 1. The molecular weight excluding hydrogens is 370 g/mol. The molecule has 26 heavy (non-hydrogen) atoms. The fourth-order valence-corrected chi connectivity index (χ4v) is 4.96. The summed E-state index contributed by atoms with van der Waals surface area (Å²) < 4.78 is 3.57. The number of aromatic nitrogens is 4. The van der Waals surface area contributed by atoms with Gasteiger partial charge in [0.1, 0.15) is 4.83 Å². The van der Waals surface area contributed by atoms with Crippen molar-refractivity contribution in [2.45, 2.75) is 52.1 Å². The Labute approximate surface area is 160 Å². The van der Waals surface area contributed by atoms with Crippen molar-refractivity contribution in [3.05, 3.63) is 38.2 Å². The summed E-state index contributed by atoms with van der Waals surface area (Å²) in [5.41, 5.74) is 1.34. The van der Waals surface area contributed by atoms with E-state index in [1.807, 2.05) is 0 Å². The van der Waals surface area contributed by atoms with Gasteiger partial charge in [-0.1, -0.05) is 18.5 Å². The molecule has 1 aliphatic rings. The predicted molar refractivity (Wildman–Crippen MR) is 107 cm³/mol. The van der Waals surface area contributed by atoms with Crippen LogP contribution in [-0.4, -0.2) is 25.9 Å². The Kier molecular flexibility index (Phi) is 5.00. The minimum Gasteiger partial charge on any atom is -0.354 e. The van der Waals surface area contributed by atoms with E-state index in [1.165, 1.54) is 23.3 Å². The standard InChI is InChI=1S/C18H22ClN5OS/c1-2-8-24-17(25)15-13-5-3-4-6-14(13)26-16(15)22-18(24)20-7-9-23-11-12(19)10-21-23/h10-11H,2-9H2,1H3,(H,20,22). The highest BCUT2D eigenvalue weighted by molar-refractivity contribution is 7.18. The van der Waals surface area contributed by atoms with E-state index in [9.17, 15) is 4.79 Å². The zero-order valence-corrected chi connectivity index (χ0v) is 16.4. The molecule has 0 unspecified atom stereocenters. The van der Waals surface area contributed by atoms with Crippen LogP contribution in [-0.2, 0) is 25.9 Å². The van der Waals surface area contributed by atoms with Crippen molar-refractivity contribution in [3.63, 3.8) is 0 Å². The largest absolute Gasteiger partial charge is 0.354 e. The number of nitrogens with one attached hydrogen (secondary N) is 1. The Morgan fingerprint density at radius 3 is 2.92 bits per heavy atom. The van der Waals surface area contributed by atoms with Crippen LogP contribution in [0.4, 0.5) is 5.95 Å². The van der Waals surface area contributed by atoms with E-state index in [-0.39, 0.29) is 5.56 Å². The van der Waals surface area contributed by atoms with E-state index in [2.05, 4.69) is 17.3 Å². The molecule has 3 aromatic heterocycles. The lowest BCUT2D eigenvalue weighted by molar-refractivity contribution is 0.619. The number of thiophene rings is 1. The van der Waals surface area contributed by atoms with Gasteiger partial charge in [0.2, 0.25) is 5.95 Å². The molecule has 0 amide bonds. The van der Waals surface area contributed by atoms with Crippen LogP contribution in [0.2, 0.25) is 5.02 Å². The monoisotopic (exact) mass is 391 g/mol. The molecule has 0 bridgehead atoms. The predicted octanol–water partition coefficient (Wildman–Crippen LogP) is 3.71. The van der Waals surface area contributed by atoms with Crippen LogP contribution < -0.4 is 10.9 Å². The van der Waals surface area contributed by atoms with E-state index < -0.39 is 0 Å². The molecule has 0 atom stereocenters. The van der Waals surface area contributed by atoms with Gasteiger partial charge in [0.25, 0.3) is 5.56 Å². The van der Waals surface area contributed by atoms with E-state index >= 15 is 0 Å². The van der Waals surface area contributed by atoms with Crippen molar-refractivity contribution in [2.75, 3.05) is 11.9 Å². The van der Waals surface area contributed by atoms with Crippen LogP contribution in [0.25, 0.3) is 10.2 Å². The zero-order chi connectivity index (χ0) is 18.1. The van der Waals surface area contributed by atoms with E-state index in [0.29, 0.717) is 30.6 Å². The summed E-state index contributed by atoms with van der Waals surface area (Å²) in [6, 6.07) is 0. The molecule has 1 aliphatic carbocycles. The number of nitrogens with zero attached hydrogens (tertiary/aromatic N) is 4. The smallest absolute Gasteiger partial charge is 0.263 e. The van der Waals surface area contributed by atoms with Crippen LogP contribution in [0.1, 0.15) is 36.6 Å². The third-order valence-electron chi connectivity index (χ3n) is 4.75. The molecule has 6 nitrogen and oxygen atoms in total. The first kappa shape index (κ1) is 17.5. The van der Waals surface area contributed by atoms with Gasteiger partial charge in [-0.3, -0.25) is 14.0 Å². The molecule has 1 N–H and O–H groups in total. The maximum Gasteiger partial charge on any atom is 0.263 e. The molecule has 0 aromatic carbocycles. The van der Waals surface area contributed by atoms with Crippen molar-refractivity contribution in [2.24, 2.45) is 0 Å². The fourth-order valence-electron chi connectivity index (χ4n) is 3.55. The van der Waals surface area contributed by atoms with Gasteiger partial charge in [-0.15, -0.1) is 11.3 Å². The van der Waals surface area contributed by atoms with Crippen LogP contribution in [0.15, 0.2) is 17.2 Å². The van der Waals surface area contributed by atoms with Gasteiger partial charge in [-0.05, 0) is 37.7 Å². The molecule has 0 spiro atoms. The maximum absolute atomic E-state index is 13.2. The highest BCUT2D eigenvalue weighted by atomic mass is 35.5. The van der Waals surface area contributed by atoms with Gasteiger partial charge < -0.3 is 5.32 Å². The second-order valence-electron chi connectivity index (χ2n) is 6.63. The molecule has 0 saturated heterocycles. The van der Waals surface area contributed by atoms with Crippen molar-refractivity contribution in [1.82, 2.24) is 19.3 Å². The molecule has 8 heteroatoms. The summed E-state index contributed by atoms with van der Waals surface area (Å²) in [6.07, 6.45) is 8.75. The molecule has 0 radical (unpaired) electrons. The average Bonchev–Trinajstić information content (AvgIpc) is 3.21. The van der Waals surface area contributed by atoms with Crippen LogP contribution in [0, 0.1) is 0 Å². The average molecular weight is 392 g/mol. The topological polar surface area (TPSA) is 64.7 Å². The summed E-state index contributed by atoms with van der Waals surface area (Å²) in [4.78, 5) is 20.2. The summed E-state index contributed by atoms with van der Waals surface area (Å²) in [7, 11) is 0. The van der Waals surface area contributed by atoms with Gasteiger partial charge in [0.15, 0.2) is 0 Å². The Balaban J connectivity index is 1.66. The minimum atomic E-state index is 0.0980. The van der Waals surface area contributed by atoms with E-state index in [1.54, 1.807) is 33.0 Å². The number of aryl methyl sites for hydroxylation is 2. The van der Waals surface area contributed by atoms with E-state index in [0.717, 1.165) is 29.5 Å². The first-order chi connectivity index (χ1) is 12.7. The highest BCUT2D eigenvalue weighted by Gasteiger charge is 2.21. The zero-order valence-electron chi connectivity index (χ0n) is 14.8. The van der Waals surface area contributed by atoms with Crippen molar-refractivity contribution in [1.29, 1.82) is 0 Å². The van der Waals surface area contributed by atoms with Crippen LogP contribution in [0.3, 0.4) is 0 Å². The van der Waals surface area contributed by atoms with Crippen LogP contribution >= 0.6 is 22.9 Å². The van der Waals surface area contributed by atoms with Gasteiger partial charge in [0.05, 0.1) is 23.2 Å². The quantitative estimate of drug-likeness (QED) is 0.695. The second kappa shape index (κ2) is 7.40. The third kappa shape index (κ3) is 3.25. The van der Waals surface area contributed by atoms with Gasteiger partial charge >= 0.3 is 0 Å². The highest BCUT2D eigenvalue weighted by Crippen LogP contribution is 2.34. The van der Waals surface area contributed by atoms with Gasteiger partial charge in [0, 0.05) is 24.2 Å². The number of hydrogen-bond acceptors (Lipinski definition) is 5. The first-order valence-corrected chi connectivity index (χ1v) is 10.3. The van der Waals surface area contributed by atoms with Gasteiger partial charge in [-0.2, -0.15) is 5.10 Å². The lowest BCUT2D eigenvalue weighted by Crippen LogP contribution is -2.26. The molecular formula is C18H22ClN5OS. The summed E-state index contributed by atoms with van der Waals surface area (Å²) in [6.45, 7) is 4.04. The normalized spacial score (nSPS) is 13.9.